The molecule has 0 aliphatic heterocycles. The Morgan fingerprint density at radius 3 is 2.59 bits per heavy atom. The number of hydrogen-bond acceptors (Lipinski definition) is 3. The van der Waals surface area contributed by atoms with Gasteiger partial charge < -0.3 is 14.8 Å². The molecule has 0 aliphatic rings. The van der Waals surface area contributed by atoms with Gasteiger partial charge in [0.1, 0.15) is 23.9 Å². The second kappa shape index (κ2) is 8.24. The molecule has 116 valence electrons. The number of carbonyl (C=O) groups excluding carboxylic acids is 1. The molecule has 2 aromatic carbocycles. The average molecular weight is 324 g/mol. The van der Waals surface area contributed by atoms with Gasteiger partial charge in [-0.2, -0.15) is 0 Å². The molecule has 0 aromatic heterocycles. The summed E-state index contributed by atoms with van der Waals surface area (Å²) < 4.78 is 23.5. The van der Waals surface area contributed by atoms with Crippen LogP contribution in [0.5, 0.6) is 11.5 Å². The molecular weight excluding hydrogens is 309 g/mol. The van der Waals surface area contributed by atoms with Gasteiger partial charge in [0.15, 0.2) is 6.61 Å². The van der Waals surface area contributed by atoms with Gasteiger partial charge in [-0.05, 0) is 36.4 Å². The summed E-state index contributed by atoms with van der Waals surface area (Å²) in [4.78, 5) is 11.6. The maximum Gasteiger partial charge on any atom is 0.258 e. The Morgan fingerprint density at radius 2 is 1.86 bits per heavy atom. The van der Waals surface area contributed by atoms with E-state index < -0.39 is 0 Å². The Labute approximate surface area is 132 Å². The van der Waals surface area contributed by atoms with Crippen LogP contribution in [0.4, 0.5) is 4.39 Å². The Kier molecular flexibility index (Phi) is 6.03. The zero-order valence-electron chi connectivity index (χ0n) is 11.7. The van der Waals surface area contributed by atoms with Crippen LogP contribution in [0.15, 0.2) is 48.5 Å². The number of carbonyl (C=O) groups is 1. The highest BCUT2D eigenvalue weighted by Crippen LogP contribution is 2.15. The first-order chi connectivity index (χ1) is 10.6. The number of benzene rings is 2. The molecule has 1 N–H and O–H groups in total. The summed E-state index contributed by atoms with van der Waals surface area (Å²) >= 11 is 5.75. The van der Waals surface area contributed by atoms with Gasteiger partial charge in [0.05, 0.1) is 6.54 Å². The molecule has 0 fully saturated rings. The average Bonchev–Trinajstić information content (AvgIpc) is 2.51. The maximum absolute atomic E-state index is 12.9. The fourth-order valence-electron chi connectivity index (χ4n) is 1.65. The first kappa shape index (κ1) is 16.1. The van der Waals surface area contributed by atoms with Gasteiger partial charge in [-0.3, -0.25) is 4.79 Å². The van der Waals surface area contributed by atoms with Crippen molar-refractivity contribution in [1.29, 1.82) is 0 Å². The molecule has 0 saturated heterocycles. The van der Waals surface area contributed by atoms with Crippen molar-refractivity contribution < 1.29 is 18.7 Å². The van der Waals surface area contributed by atoms with Gasteiger partial charge in [0.2, 0.25) is 0 Å². The van der Waals surface area contributed by atoms with Gasteiger partial charge in [-0.15, -0.1) is 0 Å². The zero-order valence-corrected chi connectivity index (χ0v) is 12.5. The third kappa shape index (κ3) is 5.61. The highest BCUT2D eigenvalue weighted by atomic mass is 35.5. The number of nitrogens with one attached hydrogen (secondary N) is 1. The predicted molar refractivity (Wildman–Crippen MR) is 81.9 cm³/mol. The Balaban J connectivity index is 1.62. The van der Waals surface area contributed by atoms with Crippen LogP contribution in [0.2, 0.25) is 5.02 Å². The molecule has 2 rings (SSSR count). The monoisotopic (exact) mass is 323 g/mol. The highest BCUT2D eigenvalue weighted by Gasteiger charge is 2.03. The minimum Gasteiger partial charge on any atom is -0.492 e. The molecular formula is C16H15ClFNO3. The zero-order chi connectivity index (χ0) is 15.8. The summed E-state index contributed by atoms with van der Waals surface area (Å²) in [6.07, 6.45) is 0. The van der Waals surface area contributed by atoms with Crippen molar-refractivity contribution in [3.8, 4) is 11.5 Å². The highest BCUT2D eigenvalue weighted by molar-refractivity contribution is 6.30. The first-order valence-corrected chi connectivity index (χ1v) is 7.05. The van der Waals surface area contributed by atoms with E-state index in [0.29, 0.717) is 23.1 Å². The summed E-state index contributed by atoms with van der Waals surface area (Å²) in [5, 5.41) is 3.24. The van der Waals surface area contributed by atoms with E-state index in [-0.39, 0.29) is 24.9 Å². The van der Waals surface area contributed by atoms with E-state index in [4.69, 9.17) is 21.1 Å². The van der Waals surface area contributed by atoms with Gasteiger partial charge in [-0.25, -0.2) is 4.39 Å². The molecule has 0 saturated carbocycles. The standard InChI is InChI=1S/C16H15ClFNO3/c17-12-4-6-14(7-5-12)22-11-16(20)19-8-9-21-15-3-1-2-13(18)10-15/h1-7,10H,8-9,11H2,(H,19,20). The third-order valence-corrected chi connectivity index (χ3v) is 2.92. The van der Waals surface area contributed by atoms with Gasteiger partial charge in [-0.1, -0.05) is 17.7 Å². The van der Waals surface area contributed by atoms with Crippen LogP contribution in [0.25, 0.3) is 0 Å². The Morgan fingerprint density at radius 1 is 1.09 bits per heavy atom. The van der Waals surface area contributed by atoms with Crippen LogP contribution in [-0.2, 0) is 4.79 Å². The number of rotatable bonds is 7. The van der Waals surface area contributed by atoms with Crippen LogP contribution < -0.4 is 14.8 Å². The first-order valence-electron chi connectivity index (χ1n) is 6.67. The van der Waals surface area contributed by atoms with Gasteiger partial charge in [0, 0.05) is 11.1 Å². The van der Waals surface area contributed by atoms with Crippen molar-refractivity contribution >= 4 is 17.5 Å². The van der Waals surface area contributed by atoms with Gasteiger partial charge in [0.25, 0.3) is 5.91 Å². The second-order valence-corrected chi connectivity index (χ2v) is 4.83. The fraction of sp³-hybridized carbons (Fsp3) is 0.188. The summed E-state index contributed by atoms with van der Waals surface area (Å²) in [5.41, 5.74) is 0. The van der Waals surface area contributed by atoms with Crippen molar-refractivity contribution in [1.82, 2.24) is 5.32 Å². The minimum atomic E-state index is -0.363. The van der Waals surface area contributed by atoms with E-state index in [1.165, 1.54) is 12.1 Å². The number of ether oxygens (including phenoxy) is 2. The van der Waals surface area contributed by atoms with Crippen molar-refractivity contribution in [2.75, 3.05) is 19.8 Å². The lowest BCUT2D eigenvalue weighted by molar-refractivity contribution is -0.123. The smallest absolute Gasteiger partial charge is 0.258 e. The summed E-state index contributed by atoms with van der Waals surface area (Å²) in [6, 6.07) is 12.6. The van der Waals surface area contributed by atoms with Crippen LogP contribution in [-0.4, -0.2) is 25.7 Å². The predicted octanol–water partition coefficient (Wildman–Crippen LogP) is 3.05. The molecule has 2 aromatic rings. The SMILES string of the molecule is O=C(COc1ccc(Cl)cc1)NCCOc1cccc(F)c1. The maximum atomic E-state index is 12.9. The molecule has 1 amide bonds. The summed E-state index contributed by atoms with van der Waals surface area (Å²) in [5.74, 6) is 0.359. The molecule has 0 atom stereocenters. The normalized spacial score (nSPS) is 10.1. The molecule has 0 aliphatic carbocycles. The lowest BCUT2D eigenvalue weighted by Gasteiger charge is -2.09. The van der Waals surface area contributed by atoms with E-state index in [2.05, 4.69) is 5.32 Å². The molecule has 4 nitrogen and oxygen atoms in total. The van der Waals surface area contributed by atoms with Crippen LogP contribution in [0, 0.1) is 5.82 Å². The van der Waals surface area contributed by atoms with E-state index in [9.17, 15) is 9.18 Å². The molecule has 6 heteroatoms. The van der Waals surface area contributed by atoms with Crippen LogP contribution >= 0.6 is 11.6 Å². The number of hydrogen-bond donors (Lipinski definition) is 1. The van der Waals surface area contributed by atoms with Crippen molar-refractivity contribution in [2.45, 2.75) is 0 Å². The quantitative estimate of drug-likeness (QED) is 0.797. The van der Waals surface area contributed by atoms with E-state index in [1.807, 2.05) is 0 Å². The molecule has 0 radical (unpaired) electrons. The van der Waals surface area contributed by atoms with Crippen molar-refractivity contribution in [3.63, 3.8) is 0 Å². The Hall–Kier alpha value is -2.27. The fourth-order valence-corrected chi connectivity index (χ4v) is 1.77. The second-order valence-electron chi connectivity index (χ2n) is 4.40. The Bertz CT molecular complexity index is 619. The van der Waals surface area contributed by atoms with E-state index in [1.54, 1.807) is 36.4 Å². The van der Waals surface area contributed by atoms with E-state index in [0.717, 1.165) is 0 Å². The lowest BCUT2D eigenvalue weighted by Crippen LogP contribution is -2.32. The molecule has 0 bridgehead atoms. The largest absolute Gasteiger partial charge is 0.492 e. The third-order valence-electron chi connectivity index (χ3n) is 2.67. The van der Waals surface area contributed by atoms with Crippen LogP contribution in [0.1, 0.15) is 0 Å². The van der Waals surface area contributed by atoms with Crippen molar-refractivity contribution in [2.24, 2.45) is 0 Å². The van der Waals surface area contributed by atoms with Crippen molar-refractivity contribution in [3.05, 3.63) is 59.4 Å². The molecule has 0 heterocycles. The topological polar surface area (TPSA) is 47.6 Å². The molecule has 22 heavy (non-hydrogen) atoms. The summed E-state index contributed by atoms with van der Waals surface area (Å²) in [7, 11) is 0. The number of halogens is 2. The van der Waals surface area contributed by atoms with E-state index >= 15 is 0 Å². The number of amides is 1. The molecule has 0 spiro atoms. The van der Waals surface area contributed by atoms with Crippen LogP contribution in [0.3, 0.4) is 0 Å². The van der Waals surface area contributed by atoms with Gasteiger partial charge >= 0.3 is 0 Å². The minimum absolute atomic E-state index is 0.0956. The lowest BCUT2D eigenvalue weighted by atomic mass is 10.3. The molecule has 0 unspecified atom stereocenters. The summed E-state index contributed by atoms with van der Waals surface area (Å²) in [6.45, 7) is 0.455.